The molecule has 2 aliphatic heterocycles. The van der Waals surface area contributed by atoms with Gasteiger partial charge in [0.1, 0.15) is 0 Å². The number of fused-ring (bicyclic) bond motifs is 1. The SMILES string of the molecule is CN1CCN(Cc2ccc(NC(=O)c3ccc4c(c3)C(=O)N(c3ccccc3Cl)C4=O)cc2)CC1. The van der Waals surface area contributed by atoms with Gasteiger partial charge < -0.3 is 10.2 Å². The van der Waals surface area contributed by atoms with Gasteiger partial charge in [0, 0.05) is 44.0 Å². The van der Waals surface area contributed by atoms with E-state index >= 15 is 0 Å². The van der Waals surface area contributed by atoms with Crippen molar-refractivity contribution in [3.05, 3.63) is 94.0 Å². The lowest BCUT2D eigenvalue weighted by Gasteiger charge is -2.32. The normalized spacial score (nSPS) is 16.5. The number of nitrogens with one attached hydrogen (secondary N) is 1. The monoisotopic (exact) mass is 488 g/mol. The van der Waals surface area contributed by atoms with Crippen molar-refractivity contribution in [2.24, 2.45) is 0 Å². The summed E-state index contributed by atoms with van der Waals surface area (Å²) >= 11 is 6.21. The Morgan fingerprint density at radius 2 is 1.57 bits per heavy atom. The number of hydrogen-bond acceptors (Lipinski definition) is 5. The van der Waals surface area contributed by atoms with Gasteiger partial charge in [0.05, 0.1) is 21.8 Å². The predicted octanol–water partition coefficient (Wildman–Crippen LogP) is 4.14. The number of carbonyl (C=O) groups is 3. The number of amides is 3. The topological polar surface area (TPSA) is 73.0 Å². The largest absolute Gasteiger partial charge is 0.322 e. The van der Waals surface area contributed by atoms with Gasteiger partial charge in [0.25, 0.3) is 17.7 Å². The van der Waals surface area contributed by atoms with Crippen molar-refractivity contribution in [3.63, 3.8) is 0 Å². The second kappa shape index (κ2) is 9.62. The summed E-state index contributed by atoms with van der Waals surface area (Å²) in [4.78, 5) is 44.6. The molecule has 0 atom stereocenters. The van der Waals surface area contributed by atoms with Crippen molar-refractivity contribution in [2.45, 2.75) is 6.54 Å². The average molecular weight is 489 g/mol. The zero-order chi connectivity index (χ0) is 24.5. The van der Waals surface area contributed by atoms with Crippen LogP contribution in [0.4, 0.5) is 11.4 Å². The van der Waals surface area contributed by atoms with Crippen LogP contribution in [0, 0.1) is 0 Å². The van der Waals surface area contributed by atoms with Crippen molar-refractivity contribution >= 4 is 40.7 Å². The minimum absolute atomic E-state index is 0.185. The smallest absolute Gasteiger partial charge is 0.266 e. The lowest BCUT2D eigenvalue weighted by molar-refractivity contribution is 0.0925. The van der Waals surface area contributed by atoms with Crippen LogP contribution in [0.1, 0.15) is 36.6 Å². The van der Waals surface area contributed by atoms with Gasteiger partial charge in [-0.3, -0.25) is 19.3 Å². The first-order valence-electron chi connectivity index (χ1n) is 11.5. The number of benzene rings is 3. The quantitative estimate of drug-likeness (QED) is 0.546. The number of para-hydroxylation sites is 1. The number of imide groups is 1. The molecule has 0 radical (unpaired) electrons. The highest BCUT2D eigenvalue weighted by Crippen LogP contribution is 2.33. The van der Waals surface area contributed by atoms with Crippen LogP contribution in [0.3, 0.4) is 0 Å². The van der Waals surface area contributed by atoms with E-state index in [2.05, 4.69) is 22.2 Å². The third-order valence-electron chi connectivity index (χ3n) is 6.46. The molecule has 0 spiro atoms. The first-order chi connectivity index (χ1) is 16.9. The number of carbonyl (C=O) groups excluding carboxylic acids is 3. The summed E-state index contributed by atoms with van der Waals surface area (Å²) in [6.07, 6.45) is 0. The highest BCUT2D eigenvalue weighted by molar-refractivity contribution is 6.40. The van der Waals surface area contributed by atoms with E-state index in [-0.39, 0.29) is 17.0 Å². The molecule has 1 fully saturated rings. The molecular formula is C27H25ClN4O3. The predicted molar refractivity (Wildman–Crippen MR) is 136 cm³/mol. The summed E-state index contributed by atoms with van der Waals surface area (Å²) in [5.74, 6) is -1.31. The third-order valence-corrected chi connectivity index (χ3v) is 6.78. The van der Waals surface area contributed by atoms with Crippen LogP contribution >= 0.6 is 11.6 Å². The first kappa shape index (κ1) is 23.2. The number of nitrogens with zero attached hydrogens (tertiary/aromatic N) is 3. The Labute approximate surface area is 208 Å². The van der Waals surface area contributed by atoms with Gasteiger partial charge in [-0.05, 0) is 55.1 Å². The Hall–Kier alpha value is -3.52. The number of hydrogen-bond donors (Lipinski definition) is 1. The van der Waals surface area contributed by atoms with Gasteiger partial charge in [-0.1, -0.05) is 35.9 Å². The number of anilines is 2. The Bertz CT molecular complexity index is 1300. The van der Waals surface area contributed by atoms with Crippen molar-refractivity contribution in [1.29, 1.82) is 0 Å². The molecule has 0 aliphatic carbocycles. The second-order valence-corrected chi connectivity index (χ2v) is 9.30. The summed E-state index contributed by atoms with van der Waals surface area (Å²) in [5, 5.41) is 3.18. The maximum Gasteiger partial charge on any atom is 0.266 e. The van der Waals surface area contributed by atoms with Crippen molar-refractivity contribution in [2.75, 3.05) is 43.4 Å². The number of rotatable bonds is 5. The fourth-order valence-electron chi connectivity index (χ4n) is 4.39. The number of halogens is 1. The minimum atomic E-state index is -0.499. The van der Waals surface area contributed by atoms with Crippen molar-refractivity contribution in [1.82, 2.24) is 9.80 Å². The summed E-state index contributed by atoms with van der Waals surface area (Å²) in [5.41, 5.74) is 2.91. The molecule has 35 heavy (non-hydrogen) atoms. The molecule has 1 saturated heterocycles. The highest BCUT2D eigenvalue weighted by Gasteiger charge is 2.38. The Morgan fingerprint density at radius 3 is 2.29 bits per heavy atom. The third kappa shape index (κ3) is 4.71. The van der Waals surface area contributed by atoms with E-state index in [0.29, 0.717) is 22.0 Å². The maximum absolute atomic E-state index is 13.0. The fourth-order valence-corrected chi connectivity index (χ4v) is 4.62. The van der Waals surface area contributed by atoms with Gasteiger partial charge in [-0.25, -0.2) is 4.90 Å². The van der Waals surface area contributed by atoms with Crippen LogP contribution in [0.15, 0.2) is 66.7 Å². The molecule has 0 aromatic heterocycles. The Morgan fingerprint density at radius 1 is 0.886 bits per heavy atom. The molecule has 3 aromatic rings. The van der Waals surface area contributed by atoms with Crippen molar-refractivity contribution < 1.29 is 14.4 Å². The second-order valence-electron chi connectivity index (χ2n) is 8.89. The number of piperazine rings is 1. The van der Waals surface area contributed by atoms with E-state index in [0.717, 1.165) is 37.6 Å². The van der Waals surface area contributed by atoms with Crippen LogP contribution in [-0.2, 0) is 6.54 Å². The molecule has 5 rings (SSSR count). The van der Waals surface area contributed by atoms with E-state index in [1.54, 1.807) is 30.3 Å². The molecule has 178 valence electrons. The first-order valence-corrected chi connectivity index (χ1v) is 11.9. The molecule has 3 amide bonds. The molecule has 1 N–H and O–H groups in total. The van der Waals surface area contributed by atoms with Crippen LogP contribution in [-0.4, -0.2) is 60.7 Å². The highest BCUT2D eigenvalue weighted by atomic mass is 35.5. The van der Waals surface area contributed by atoms with Gasteiger partial charge in [0.15, 0.2) is 0 Å². The van der Waals surface area contributed by atoms with E-state index < -0.39 is 11.8 Å². The molecule has 3 aromatic carbocycles. The molecule has 0 saturated carbocycles. The maximum atomic E-state index is 13.0. The Balaban J connectivity index is 1.27. The van der Waals surface area contributed by atoms with Gasteiger partial charge >= 0.3 is 0 Å². The minimum Gasteiger partial charge on any atom is -0.322 e. The van der Waals surface area contributed by atoms with E-state index in [9.17, 15) is 14.4 Å². The molecule has 2 heterocycles. The van der Waals surface area contributed by atoms with E-state index in [1.165, 1.54) is 17.7 Å². The zero-order valence-corrected chi connectivity index (χ0v) is 20.1. The van der Waals surface area contributed by atoms with Crippen LogP contribution in [0.25, 0.3) is 0 Å². The van der Waals surface area contributed by atoms with Gasteiger partial charge in [-0.2, -0.15) is 0 Å². The van der Waals surface area contributed by atoms with Crippen molar-refractivity contribution in [3.8, 4) is 0 Å². The van der Waals surface area contributed by atoms with Gasteiger partial charge in [-0.15, -0.1) is 0 Å². The summed E-state index contributed by atoms with van der Waals surface area (Å²) < 4.78 is 0. The molecule has 0 bridgehead atoms. The zero-order valence-electron chi connectivity index (χ0n) is 19.3. The lowest BCUT2D eigenvalue weighted by Crippen LogP contribution is -2.43. The van der Waals surface area contributed by atoms with Gasteiger partial charge in [0.2, 0.25) is 0 Å². The molecule has 8 heteroatoms. The van der Waals surface area contributed by atoms with E-state index in [4.69, 9.17) is 11.6 Å². The summed E-state index contributed by atoms with van der Waals surface area (Å²) in [6.45, 7) is 5.11. The molecule has 2 aliphatic rings. The molecule has 7 nitrogen and oxygen atoms in total. The summed E-state index contributed by atoms with van der Waals surface area (Å²) in [6, 6.07) is 19.0. The number of likely N-dealkylation sites (N-methyl/N-ethyl adjacent to an activating group) is 1. The van der Waals surface area contributed by atoms with E-state index in [1.807, 2.05) is 24.3 Å². The molecular weight excluding hydrogens is 464 g/mol. The lowest BCUT2D eigenvalue weighted by atomic mass is 10.1. The van der Waals surface area contributed by atoms with Crippen LogP contribution in [0.2, 0.25) is 5.02 Å². The summed E-state index contributed by atoms with van der Waals surface area (Å²) in [7, 11) is 2.14. The molecule has 0 unspecified atom stereocenters. The Kier molecular flexibility index (Phi) is 6.38. The fraction of sp³-hybridized carbons (Fsp3) is 0.222. The van der Waals surface area contributed by atoms with Crippen LogP contribution in [0.5, 0.6) is 0 Å². The average Bonchev–Trinajstić information content (AvgIpc) is 3.11. The van der Waals surface area contributed by atoms with Crippen LogP contribution < -0.4 is 10.2 Å². The standard InChI is InChI=1S/C27H25ClN4O3/c1-30-12-14-31(15-13-30)17-18-6-9-20(10-7-18)29-25(33)19-8-11-21-22(16-19)27(35)32(26(21)34)24-5-3-2-4-23(24)28/h2-11,16H,12-15,17H2,1H3,(H,29,33).